The lowest BCUT2D eigenvalue weighted by Gasteiger charge is -2.36. The Balaban J connectivity index is 1.93. The first kappa shape index (κ1) is 25.8. The summed E-state index contributed by atoms with van der Waals surface area (Å²) in [5.41, 5.74) is 3.96. The quantitative estimate of drug-likeness (QED) is 0.466. The highest BCUT2D eigenvalue weighted by Crippen LogP contribution is 2.31. The van der Waals surface area contributed by atoms with Crippen LogP contribution in [0.1, 0.15) is 70.4 Å². The normalized spacial score (nSPS) is 15.4. The van der Waals surface area contributed by atoms with Crippen molar-refractivity contribution in [1.29, 1.82) is 0 Å². The third-order valence-electron chi connectivity index (χ3n) is 7.29. The maximum absolute atomic E-state index is 13.9. The fourth-order valence-corrected chi connectivity index (χ4v) is 4.55. The SMILES string of the molecule is CC[C@H](C(=O)N(Cc1cc(NC(=O)C2CCC2)ccc1N(C)C)[C@H](C)C(C)C)c1ccccc1. The predicted molar refractivity (Wildman–Crippen MR) is 141 cm³/mol. The van der Waals surface area contributed by atoms with Crippen LogP contribution in [0.25, 0.3) is 0 Å². The number of nitrogens with zero attached hydrogens (tertiary/aromatic N) is 2. The number of benzene rings is 2. The van der Waals surface area contributed by atoms with Crippen LogP contribution in [0, 0.1) is 11.8 Å². The summed E-state index contributed by atoms with van der Waals surface area (Å²) in [5.74, 6) is 0.539. The van der Waals surface area contributed by atoms with Crippen molar-refractivity contribution in [1.82, 2.24) is 4.90 Å². The van der Waals surface area contributed by atoms with Crippen molar-refractivity contribution in [3.05, 3.63) is 59.7 Å². The van der Waals surface area contributed by atoms with Crippen LogP contribution in [0.5, 0.6) is 0 Å². The van der Waals surface area contributed by atoms with Gasteiger partial charge in [-0.3, -0.25) is 9.59 Å². The minimum atomic E-state index is -0.174. The van der Waals surface area contributed by atoms with Crippen molar-refractivity contribution >= 4 is 23.2 Å². The van der Waals surface area contributed by atoms with Gasteiger partial charge in [-0.25, -0.2) is 0 Å². The molecule has 2 aromatic carbocycles. The van der Waals surface area contributed by atoms with Crippen molar-refractivity contribution in [2.45, 2.75) is 71.9 Å². The molecule has 34 heavy (non-hydrogen) atoms. The fourth-order valence-electron chi connectivity index (χ4n) is 4.55. The summed E-state index contributed by atoms with van der Waals surface area (Å²) in [5, 5.41) is 3.10. The molecule has 3 rings (SSSR count). The van der Waals surface area contributed by atoms with Gasteiger partial charge in [0.05, 0.1) is 5.92 Å². The number of carbonyl (C=O) groups excluding carboxylic acids is 2. The van der Waals surface area contributed by atoms with E-state index in [1.54, 1.807) is 0 Å². The first-order chi connectivity index (χ1) is 16.2. The van der Waals surface area contributed by atoms with Crippen LogP contribution < -0.4 is 10.2 Å². The zero-order valence-corrected chi connectivity index (χ0v) is 21.7. The van der Waals surface area contributed by atoms with Gasteiger partial charge in [-0.05, 0) is 61.4 Å². The van der Waals surface area contributed by atoms with Gasteiger partial charge in [-0.1, -0.05) is 57.5 Å². The highest BCUT2D eigenvalue weighted by molar-refractivity contribution is 5.93. The van der Waals surface area contributed by atoms with Gasteiger partial charge in [0.25, 0.3) is 0 Å². The Morgan fingerprint density at radius 1 is 1.03 bits per heavy atom. The summed E-state index contributed by atoms with van der Waals surface area (Å²) in [7, 11) is 4.03. The van der Waals surface area contributed by atoms with Gasteiger partial charge in [-0.2, -0.15) is 0 Å². The van der Waals surface area contributed by atoms with E-state index in [2.05, 4.69) is 37.9 Å². The van der Waals surface area contributed by atoms with E-state index in [1.807, 2.05) is 67.5 Å². The Morgan fingerprint density at radius 3 is 2.24 bits per heavy atom. The largest absolute Gasteiger partial charge is 0.377 e. The monoisotopic (exact) mass is 463 g/mol. The Bertz CT molecular complexity index is 967. The highest BCUT2D eigenvalue weighted by atomic mass is 16.2. The van der Waals surface area contributed by atoms with Crippen LogP contribution in [0.4, 0.5) is 11.4 Å². The zero-order valence-electron chi connectivity index (χ0n) is 21.7. The molecule has 0 bridgehead atoms. The number of rotatable bonds is 10. The lowest BCUT2D eigenvalue weighted by atomic mass is 9.85. The third-order valence-corrected chi connectivity index (χ3v) is 7.29. The molecule has 0 aromatic heterocycles. The molecule has 1 N–H and O–H groups in total. The molecule has 1 fully saturated rings. The molecule has 1 aliphatic rings. The molecule has 5 nitrogen and oxygen atoms in total. The molecule has 0 unspecified atom stereocenters. The summed E-state index contributed by atoms with van der Waals surface area (Å²) in [6, 6.07) is 16.2. The Hall–Kier alpha value is -2.82. The van der Waals surface area contributed by atoms with Crippen LogP contribution in [-0.4, -0.2) is 36.9 Å². The van der Waals surface area contributed by atoms with E-state index in [4.69, 9.17) is 0 Å². The number of anilines is 2. The van der Waals surface area contributed by atoms with Crippen LogP contribution in [0.2, 0.25) is 0 Å². The average molecular weight is 464 g/mol. The second-order valence-corrected chi connectivity index (χ2v) is 10.2. The van der Waals surface area contributed by atoms with E-state index in [0.717, 1.165) is 48.2 Å². The van der Waals surface area contributed by atoms with Gasteiger partial charge in [-0.15, -0.1) is 0 Å². The van der Waals surface area contributed by atoms with Crippen molar-refractivity contribution < 1.29 is 9.59 Å². The van der Waals surface area contributed by atoms with E-state index in [1.165, 1.54) is 0 Å². The molecule has 0 saturated heterocycles. The molecule has 0 radical (unpaired) electrons. The Labute approximate surface area is 205 Å². The van der Waals surface area contributed by atoms with Gasteiger partial charge >= 0.3 is 0 Å². The first-order valence-corrected chi connectivity index (χ1v) is 12.7. The van der Waals surface area contributed by atoms with Gasteiger partial charge in [0.2, 0.25) is 11.8 Å². The summed E-state index contributed by atoms with van der Waals surface area (Å²) in [4.78, 5) is 30.6. The lowest BCUT2D eigenvalue weighted by Crippen LogP contribution is -2.43. The highest BCUT2D eigenvalue weighted by Gasteiger charge is 2.30. The maximum Gasteiger partial charge on any atom is 0.230 e. The van der Waals surface area contributed by atoms with Crippen LogP contribution in [0.3, 0.4) is 0 Å². The van der Waals surface area contributed by atoms with Crippen LogP contribution in [0.15, 0.2) is 48.5 Å². The summed E-state index contributed by atoms with van der Waals surface area (Å²) < 4.78 is 0. The minimum Gasteiger partial charge on any atom is -0.377 e. The molecular formula is C29H41N3O2. The van der Waals surface area contributed by atoms with Gasteiger partial charge in [0.15, 0.2) is 0 Å². The zero-order chi connectivity index (χ0) is 24.8. The van der Waals surface area contributed by atoms with E-state index in [9.17, 15) is 9.59 Å². The Kier molecular flexibility index (Phi) is 8.76. The topological polar surface area (TPSA) is 52.7 Å². The molecule has 0 aliphatic heterocycles. The number of hydrogen-bond donors (Lipinski definition) is 1. The fraction of sp³-hybridized carbons (Fsp3) is 0.517. The molecule has 0 spiro atoms. The molecule has 2 atom stereocenters. The number of hydrogen-bond acceptors (Lipinski definition) is 3. The van der Waals surface area contributed by atoms with E-state index in [0.29, 0.717) is 12.5 Å². The molecule has 2 amide bonds. The maximum atomic E-state index is 13.9. The molecule has 1 saturated carbocycles. The summed E-state index contributed by atoms with van der Waals surface area (Å²) in [6.07, 6.45) is 3.83. The van der Waals surface area contributed by atoms with Gasteiger partial charge in [0.1, 0.15) is 0 Å². The second kappa shape index (κ2) is 11.5. The van der Waals surface area contributed by atoms with E-state index in [-0.39, 0.29) is 29.7 Å². The number of carbonyl (C=O) groups is 2. The van der Waals surface area contributed by atoms with Crippen molar-refractivity contribution in [2.75, 3.05) is 24.3 Å². The molecule has 1 aliphatic carbocycles. The van der Waals surface area contributed by atoms with Gasteiger partial charge in [0, 0.05) is 44.0 Å². The number of nitrogens with one attached hydrogen (secondary N) is 1. The first-order valence-electron chi connectivity index (χ1n) is 12.7. The van der Waals surface area contributed by atoms with Crippen LogP contribution >= 0.6 is 0 Å². The van der Waals surface area contributed by atoms with E-state index < -0.39 is 0 Å². The molecule has 184 valence electrons. The molecule has 5 heteroatoms. The summed E-state index contributed by atoms with van der Waals surface area (Å²) in [6.45, 7) is 9.04. The standard InChI is InChI=1S/C29H41N3O2/c1-7-26(22-12-9-8-10-13-22)29(34)32(21(4)20(2)3)19-24-18-25(16-17-27(24)31(5)6)30-28(33)23-14-11-15-23/h8-10,12-13,16-18,20-21,23,26H,7,11,14-15,19H2,1-6H3,(H,30,33)/t21-,26+/m1/s1. The molecule has 2 aromatic rings. The minimum absolute atomic E-state index is 0.0773. The van der Waals surface area contributed by atoms with Crippen molar-refractivity contribution in [2.24, 2.45) is 11.8 Å². The smallest absolute Gasteiger partial charge is 0.230 e. The Morgan fingerprint density at radius 2 is 1.71 bits per heavy atom. The van der Waals surface area contributed by atoms with E-state index >= 15 is 0 Å². The second-order valence-electron chi connectivity index (χ2n) is 10.2. The summed E-state index contributed by atoms with van der Waals surface area (Å²) >= 11 is 0. The average Bonchev–Trinajstić information content (AvgIpc) is 2.76. The lowest BCUT2D eigenvalue weighted by molar-refractivity contribution is -0.136. The molecular weight excluding hydrogens is 422 g/mol. The third kappa shape index (κ3) is 5.99. The van der Waals surface area contributed by atoms with Gasteiger partial charge < -0.3 is 15.1 Å². The van der Waals surface area contributed by atoms with Crippen molar-refractivity contribution in [3.63, 3.8) is 0 Å². The number of amides is 2. The van der Waals surface area contributed by atoms with Crippen molar-refractivity contribution in [3.8, 4) is 0 Å². The predicted octanol–water partition coefficient (Wildman–Crippen LogP) is 6.06. The van der Waals surface area contributed by atoms with Crippen LogP contribution in [-0.2, 0) is 16.1 Å². The molecule has 0 heterocycles.